The highest BCUT2D eigenvalue weighted by Gasteiger charge is 2.32. The Kier molecular flexibility index (Phi) is 5.96. The normalized spacial score (nSPS) is 17.8. The Morgan fingerprint density at radius 2 is 2.00 bits per heavy atom. The van der Waals surface area contributed by atoms with Gasteiger partial charge in [-0.15, -0.1) is 10.2 Å². The van der Waals surface area contributed by atoms with Crippen LogP contribution in [0, 0.1) is 12.8 Å². The van der Waals surface area contributed by atoms with Crippen LogP contribution in [0.25, 0.3) is 0 Å². The fourth-order valence-corrected chi connectivity index (χ4v) is 4.80. The van der Waals surface area contributed by atoms with Crippen molar-refractivity contribution in [3.05, 3.63) is 28.2 Å². The van der Waals surface area contributed by atoms with Gasteiger partial charge < -0.3 is 10.2 Å². The highest BCUT2D eigenvalue weighted by Crippen LogP contribution is 2.41. The molecule has 2 aliphatic rings. The number of hydrogen-bond acceptors (Lipinski definition) is 5. The lowest BCUT2D eigenvalue weighted by molar-refractivity contribution is -0.113. The van der Waals surface area contributed by atoms with Crippen molar-refractivity contribution in [1.82, 2.24) is 14.8 Å². The molecule has 1 saturated heterocycles. The monoisotopic (exact) mass is 463 g/mol. The molecule has 1 aliphatic carbocycles. The maximum Gasteiger partial charge on any atom is 0.234 e. The van der Waals surface area contributed by atoms with Crippen molar-refractivity contribution in [1.29, 1.82) is 0 Å². The van der Waals surface area contributed by atoms with Crippen LogP contribution < -0.4 is 10.2 Å². The van der Waals surface area contributed by atoms with Gasteiger partial charge in [-0.05, 0) is 62.3 Å². The van der Waals surface area contributed by atoms with E-state index in [2.05, 4.69) is 47.8 Å². The first-order valence-corrected chi connectivity index (χ1v) is 11.7. The first-order valence-electron chi connectivity index (χ1n) is 9.90. The van der Waals surface area contributed by atoms with Crippen LogP contribution in [0.5, 0.6) is 0 Å². The molecule has 0 unspecified atom stereocenters. The van der Waals surface area contributed by atoms with Crippen LogP contribution >= 0.6 is 27.7 Å². The Morgan fingerprint density at radius 3 is 2.68 bits per heavy atom. The van der Waals surface area contributed by atoms with Crippen molar-refractivity contribution in [2.75, 3.05) is 29.1 Å². The Balaban J connectivity index is 1.41. The van der Waals surface area contributed by atoms with Gasteiger partial charge in [-0.25, -0.2) is 0 Å². The van der Waals surface area contributed by atoms with Crippen LogP contribution in [-0.4, -0.2) is 39.5 Å². The number of piperidine rings is 1. The predicted molar refractivity (Wildman–Crippen MR) is 117 cm³/mol. The number of halogens is 1. The molecule has 0 radical (unpaired) electrons. The van der Waals surface area contributed by atoms with Crippen LogP contribution in [0.3, 0.4) is 0 Å². The first-order chi connectivity index (χ1) is 13.5. The number of nitrogens with zero attached hydrogens (tertiary/aromatic N) is 4. The molecule has 8 heteroatoms. The van der Waals surface area contributed by atoms with Gasteiger partial charge in [0.15, 0.2) is 5.16 Å². The van der Waals surface area contributed by atoms with Crippen molar-refractivity contribution in [2.45, 2.75) is 50.7 Å². The number of rotatable bonds is 6. The number of aromatic nitrogens is 3. The number of benzene rings is 1. The van der Waals surface area contributed by atoms with Gasteiger partial charge in [0, 0.05) is 29.3 Å². The molecule has 0 spiro atoms. The van der Waals surface area contributed by atoms with E-state index in [9.17, 15) is 4.79 Å². The molecule has 0 atom stereocenters. The standard InChI is InChI=1S/C20H26BrN5OS/c1-13-7-9-25(10-8-13)19-23-24-20(26(19)16-4-5-16)28-12-18(27)22-17-6-3-15(21)11-14(17)2/h3,6,11,13,16H,4-5,7-10,12H2,1-2H3,(H,22,27). The van der Waals surface area contributed by atoms with Crippen LogP contribution in [0.4, 0.5) is 11.6 Å². The highest BCUT2D eigenvalue weighted by molar-refractivity contribution is 9.10. The molecular weight excluding hydrogens is 438 g/mol. The maximum atomic E-state index is 12.5. The Morgan fingerprint density at radius 1 is 1.25 bits per heavy atom. The second-order valence-electron chi connectivity index (χ2n) is 7.85. The summed E-state index contributed by atoms with van der Waals surface area (Å²) in [6.07, 6.45) is 4.75. The van der Waals surface area contributed by atoms with E-state index >= 15 is 0 Å². The third kappa shape index (κ3) is 4.54. The van der Waals surface area contributed by atoms with Crippen molar-refractivity contribution >= 4 is 45.2 Å². The molecule has 2 fully saturated rings. The summed E-state index contributed by atoms with van der Waals surface area (Å²) in [6.45, 7) is 6.39. The largest absolute Gasteiger partial charge is 0.341 e. The Labute approximate surface area is 178 Å². The highest BCUT2D eigenvalue weighted by atomic mass is 79.9. The summed E-state index contributed by atoms with van der Waals surface area (Å²) in [6, 6.07) is 6.34. The van der Waals surface area contributed by atoms with E-state index in [1.807, 2.05) is 25.1 Å². The van der Waals surface area contributed by atoms with Crippen molar-refractivity contribution in [2.24, 2.45) is 5.92 Å². The number of carbonyl (C=O) groups excluding carboxylic acids is 1. The van der Waals surface area contributed by atoms with Crippen molar-refractivity contribution < 1.29 is 4.79 Å². The SMILES string of the molecule is Cc1cc(Br)ccc1NC(=O)CSc1nnc(N2CCC(C)CC2)n1C1CC1. The van der Waals surface area contributed by atoms with Crippen molar-refractivity contribution in [3.63, 3.8) is 0 Å². The summed E-state index contributed by atoms with van der Waals surface area (Å²) in [4.78, 5) is 14.8. The van der Waals surface area contributed by atoms with E-state index in [0.29, 0.717) is 11.8 Å². The van der Waals surface area contributed by atoms with Gasteiger partial charge in [0.25, 0.3) is 0 Å². The number of nitrogens with one attached hydrogen (secondary N) is 1. The number of anilines is 2. The summed E-state index contributed by atoms with van der Waals surface area (Å²) in [5.74, 6) is 2.08. The number of aryl methyl sites for hydroxylation is 1. The zero-order chi connectivity index (χ0) is 19.7. The molecule has 1 saturated carbocycles. The van der Waals surface area contributed by atoms with E-state index in [1.54, 1.807) is 0 Å². The average Bonchev–Trinajstić information content (AvgIpc) is 3.42. The van der Waals surface area contributed by atoms with Gasteiger partial charge in [-0.3, -0.25) is 9.36 Å². The van der Waals surface area contributed by atoms with Gasteiger partial charge in [0.05, 0.1) is 5.75 Å². The quantitative estimate of drug-likeness (QED) is 0.631. The Bertz CT molecular complexity index is 858. The topological polar surface area (TPSA) is 63.1 Å². The molecule has 28 heavy (non-hydrogen) atoms. The van der Waals surface area contributed by atoms with Gasteiger partial charge in [0.2, 0.25) is 11.9 Å². The molecule has 2 heterocycles. The van der Waals surface area contributed by atoms with E-state index in [1.165, 1.54) is 37.4 Å². The van der Waals surface area contributed by atoms with Gasteiger partial charge >= 0.3 is 0 Å². The minimum atomic E-state index is -0.0193. The third-order valence-electron chi connectivity index (χ3n) is 5.42. The molecule has 6 nitrogen and oxygen atoms in total. The second-order valence-corrected chi connectivity index (χ2v) is 9.71. The molecule has 1 amide bonds. The average molecular weight is 464 g/mol. The number of amides is 1. The van der Waals surface area contributed by atoms with E-state index in [0.717, 1.165) is 45.8 Å². The molecule has 150 valence electrons. The molecule has 0 bridgehead atoms. The molecule has 1 aromatic carbocycles. The minimum Gasteiger partial charge on any atom is -0.341 e. The molecule has 2 aromatic rings. The smallest absolute Gasteiger partial charge is 0.234 e. The van der Waals surface area contributed by atoms with Crippen LogP contribution in [-0.2, 0) is 4.79 Å². The Hall–Kier alpha value is -1.54. The molecule has 1 aromatic heterocycles. The molecule has 1 N–H and O–H groups in total. The predicted octanol–water partition coefficient (Wildman–Crippen LogP) is 4.65. The summed E-state index contributed by atoms with van der Waals surface area (Å²) in [5, 5.41) is 12.8. The zero-order valence-corrected chi connectivity index (χ0v) is 18.7. The van der Waals surface area contributed by atoms with E-state index in [-0.39, 0.29) is 5.91 Å². The number of hydrogen-bond donors (Lipinski definition) is 1. The molecule has 4 rings (SSSR count). The first kappa shape index (κ1) is 19.8. The summed E-state index contributed by atoms with van der Waals surface area (Å²) >= 11 is 4.93. The summed E-state index contributed by atoms with van der Waals surface area (Å²) < 4.78 is 3.27. The third-order valence-corrected chi connectivity index (χ3v) is 6.86. The van der Waals surface area contributed by atoms with Gasteiger partial charge in [-0.2, -0.15) is 0 Å². The lowest BCUT2D eigenvalue weighted by atomic mass is 10.00. The number of carbonyl (C=O) groups is 1. The van der Waals surface area contributed by atoms with Crippen LogP contribution in [0.15, 0.2) is 27.8 Å². The van der Waals surface area contributed by atoms with Crippen LogP contribution in [0.1, 0.15) is 44.2 Å². The fourth-order valence-electron chi connectivity index (χ4n) is 3.53. The summed E-state index contributed by atoms with van der Waals surface area (Å²) in [5.41, 5.74) is 1.89. The number of thioether (sulfide) groups is 1. The van der Waals surface area contributed by atoms with Crippen molar-refractivity contribution in [3.8, 4) is 0 Å². The van der Waals surface area contributed by atoms with E-state index < -0.39 is 0 Å². The lowest BCUT2D eigenvalue weighted by Crippen LogP contribution is -2.34. The van der Waals surface area contributed by atoms with Gasteiger partial charge in [-0.1, -0.05) is 34.6 Å². The fraction of sp³-hybridized carbons (Fsp3) is 0.550. The van der Waals surface area contributed by atoms with E-state index in [4.69, 9.17) is 0 Å². The second kappa shape index (κ2) is 8.45. The maximum absolute atomic E-state index is 12.5. The molecule has 1 aliphatic heterocycles. The lowest BCUT2D eigenvalue weighted by Gasteiger charge is -2.31. The van der Waals surface area contributed by atoms with Gasteiger partial charge in [0.1, 0.15) is 0 Å². The van der Waals surface area contributed by atoms with Crippen LogP contribution in [0.2, 0.25) is 0 Å². The summed E-state index contributed by atoms with van der Waals surface area (Å²) in [7, 11) is 0. The molecular formula is C20H26BrN5OS. The zero-order valence-electron chi connectivity index (χ0n) is 16.3. The minimum absolute atomic E-state index is 0.0193.